The fourth-order valence-electron chi connectivity index (χ4n) is 1.99. The third kappa shape index (κ3) is 4.08. The van der Waals surface area contributed by atoms with Crippen LogP contribution in [-0.4, -0.2) is 21.1 Å². The van der Waals surface area contributed by atoms with Crippen LogP contribution in [0.25, 0.3) is 6.08 Å². The summed E-state index contributed by atoms with van der Waals surface area (Å²) in [5.74, 6) is 2.11. The smallest absolute Gasteiger partial charge is 0.216 e. The van der Waals surface area contributed by atoms with E-state index in [1.165, 1.54) is 4.68 Å². The standard InChI is InChI=1S/C17H16N4O2S/c1-13(10-15-8-5-9-22-15)11-18-21-16(19-20-17(21)24)12-23-14-6-3-2-4-7-14/h2-11H,12H2,1H3,(H,20,24)/b13-10+,18-11-. The van der Waals surface area contributed by atoms with Crippen molar-refractivity contribution in [3.63, 3.8) is 0 Å². The van der Waals surface area contributed by atoms with Crippen molar-refractivity contribution in [2.24, 2.45) is 5.10 Å². The van der Waals surface area contributed by atoms with Crippen LogP contribution in [0.2, 0.25) is 0 Å². The second-order valence-electron chi connectivity index (χ2n) is 5.01. The molecule has 0 spiro atoms. The number of rotatable bonds is 6. The quantitative estimate of drug-likeness (QED) is 0.543. The molecule has 0 radical (unpaired) electrons. The molecule has 0 aliphatic rings. The number of ether oxygens (including phenoxy) is 1. The summed E-state index contributed by atoms with van der Waals surface area (Å²) in [5, 5.41) is 11.2. The summed E-state index contributed by atoms with van der Waals surface area (Å²) in [6.07, 6.45) is 5.20. The van der Waals surface area contributed by atoms with Crippen molar-refractivity contribution in [3.05, 3.63) is 70.7 Å². The molecular weight excluding hydrogens is 324 g/mol. The lowest BCUT2D eigenvalue weighted by atomic mass is 10.3. The van der Waals surface area contributed by atoms with E-state index in [0.717, 1.165) is 17.1 Å². The van der Waals surface area contributed by atoms with E-state index in [1.54, 1.807) is 12.5 Å². The van der Waals surface area contributed by atoms with E-state index < -0.39 is 0 Å². The molecule has 3 aromatic rings. The molecule has 0 unspecified atom stereocenters. The number of aromatic nitrogens is 3. The molecule has 0 bridgehead atoms. The topological polar surface area (TPSA) is 68.3 Å². The molecule has 7 heteroatoms. The van der Waals surface area contributed by atoms with Crippen LogP contribution in [0.15, 0.2) is 63.8 Å². The SMILES string of the molecule is CC(/C=N\n1c(COc2ccccc2)n[nH]c1=S)=C\c1ccco1. The zero-order valence-corrected chi connectivity index (χ0v) is 13.9. The van der Waals surface area contributed by atoms with Gasteiger partial charge in [-0.25, -0.2) is 5.10 Å². The van der Waals surface area contributed by atoms with Crippen LogP contribution in [0.3, 0.4) is 0 Å². The van der Waals surface area contributed by atoms with Gasteiger partial charge in [0.2, 0.25) is 4.77 Å². The van der Waals surface area contributed by atoms with Crippen molar-refractivity contribution in [1.29, 1.82) is 0 Å². The lowest BCUT2D eigenvalue weighted by Gasteiger charge is -2.04. The van der Waals surface area contributed by atoms with E-state index in [1.807, 2.05) is 55.5 Å². The van der Waals surface area contributed by atoms with Crippen molar-refractivity contribution in [1.82, 2.24) is 14.9 Å². The summed E-state index contributed by atoms with van der Waals surface area (Å²) >= 11 is 5.21. The molecule has 6 nitrogen and oxygen atoms in total. The van der Waals surface area contributed by atoms with Crippen LogP contribution >= 0.6 is 12.2 Å². The molecule has 0 aliphatic carbocycles. The van der Waals surface area contributed by atoms with Gasteiger partial charge >= 0.3 is 0 Å². The predicted molar refractivity (Wildman–Crippen MR) is 94.4 cm³/mol. The largest absolute Gasteiger partial charge is 0.486 e. The van der Waals surface area contributed by atoms with E-state index in [2.05, 4.69) is 15.3 Å². The second kappa shape index (κ2) is 7.56. The lowest BCUT2D eigenvalue weighted by molar-refractivity contribution is 0.290. The highest BCUT2D eigenvalue weighted by Gasteiger charge is 2.06. The normalized spacial score (nSPS) is 12.0. The maximum atomic E-state index is 5.68. The molecule has 0 aliphatic heterocycles. The van der Waals surface area contributed by atoms with Gasteiger partial charge in [0, 0.05) is 0 Å². The van der Waals surface area contributed by atoms with Crippen LogP contribution in [0.1, 0.15) is 18.5 Å². The monoisotopic (exact) mass is 340 g/mol. The molecule has 2 aromatic heterocycles. The number of H-pyrrole nitrogens is 1. The minimum absolute atomic E-state index is 0.259. The number of nitrogens with one attached hydrogen (secondary N) is 1. The molecule has 0 saturated carbocycles. The van der Waals surface area contributed by atoms with Gasteiger partial charge in [-0.2, -0.15) is 14.9 Å². The number of allylic oxidation sites excluding steroid dienone is 1. The number of nitrogens with zero attached hydrogens (tertiary/aromatic N) is 3. The first-order chi connectivity index (χ1) is 11.7. The van der Waals surface area contributed by atoms with Gasteiger partial charge < -0.3 is 9.15 Å². The molecule has 0 saturated heterocycles. The first-order valence-corrected chi connectivity index (χ1v) is 7.73. The predicted octanol–water partition coefficient (Wildman–Crippen LogP) is 4.05. The van der Waals surface area contributed by atoms with Gasteiger partial charge in [0.1, 0.15) is 18.1 Å². The third-order valence-corrected chi connectivity index (χ3v) is 3.38. The van der Waals surface area contributed by atoms with E-state index in [9.17, 15) is 0 Å². The molecule has 0 fully saturated rings. The van der Waals surface area contributed by atoms with Gasteiger partial charge in [-0.15, -0.1) is 0 Å². The second-order valence-corrected chi connectivity index (χ2v) is 5.39. The Morgan fingerprint density at radius 3 is 2.92 bits per heavy atom. The Labute approximate surface area is 144 Å². The lowest BCUT2D eigenvalue weighted by Crippen LogP contribution is -2.04. The first-order valence-electron chi connectivity index (χ1n) is 7.32. The van der Waals surface area contributed by atoms with Gasteiger partial charge in [0.05, 0.1) is 12.5 Å². The van der Waals surface area contributed by atoms with Gasteiger partial charge in [-0.3, -0.25) is 0 Å². The molecule has 24 heavy (non-hydrogen) atoms. The molecule has 122 valence electrons. The Morgan fingerprint density at radius 2 is 2.17 bits per heavy atom. The van der Waals surface area contributed by atoms with Gasteiger partial charge in [-0.1, -0.05) is 18.2 Å². The summed E-state index contributed by atoms with van der Waals surface area (Å²) in [6, 6.07) is 13.2. The van der Waals surface area contributed by atoms with E-state index in [4.69, 9.17) is 21.4 Å². The van der Waals surface area contributed by atoms with Crippen LogP contribution in [-0.2, 0) is 6.61 Å². The fourth-order valence-corrected chi connectivity index (χ4v) is 2.18. The van der Waals surface area contributed by atoms with Crippen molar-refractivity contribution >= 4 is 24.5 Å². The van der Waals surface area contributed by atoms with Crippen LogP contribution in [0.5, 0.6) is 5.75 Å². The summed E-state index contributed by atoms with van der Waals surface area (Å²) in [4.78, 5) is 0. The molecule has 1 aromatic carbocycles. The van der Waals surface area contributed by atoms with Crippen LogP contribution < -0.4 is 4.74 Å². The molecule has 0 amide bonds. The Kier molecular flexibility index (Phi) is 5.02. The maximum Gasteiger partial charge on any atom is 0.216 e. The van der Waals surface area contributed by atoms with Crippen molar-refractivity contribution in [3.8, 4) is 5.75 Å². The van der Waals surface area contributed by atoms with E-state index in [0.29, 0.717) is 10.6 Å². The molecular formula is C17H16N4O2S. The minimum Gasteiger partial charge on any atom is -0.486 e. The van der Waals surface area contributed by atoms with E-state index in [-0.39, 0.29) is 6.61 Å². The Bertz CT molecular complexity index is 892. The highest BCUT2D eigenvalue weighted by Crippen LogP contribution is 2.11. The fraction of sp³-hybridized carbons (Fsp3) is 0.118. The van der Waals surface area contributed by atoms with Crippen molar-refractivity contribution < 1.29 is 9.15 Å². The van der Waals surface area contributed by atoms with Gasteiger partial charge in [0.15, 0.2) is 5.82 Å². The van der Waals surface area contributed by atoms with Crippen molar-refractivity contribution in [2.45, 2.75) is 13.5 Å². The zero-order valence-electron chi connectivity index (χ0n) is 13.0. The molecule has 3 rings (SSSR count). The molecule has 2 heterocycles. The third-order valence-electron chi connectivity index (χ3n) is 3.12. The number of para-hydroxylation sites is 1. The Morgan fingerprint density at radius 1 is 1.33 bits per heavy atom. The molecule has 1 N–H and O–H groups in total. The first kappa shape index (κ1) is 15.9. The Hall–Kier alpha value is -2.93. The number of aromatic amines is 1. The number of benzene rings is 1. The number of furan rings is 1. The van der Waals surface area contributed by atoms with Crippen LogP contribution in [0, 0.1) is 4.77 Å². The average Bonchev–Trinajstić information content (AvgIpc) is 3.22. The summed E-state index contributed by atoms with van der Waals surface area (Å²) in [5.41, 5.74) is 0.919. The zero-order chi connectivity index (χ0) is 16.8. The van der Waals surface area contributed by atoms with Gasteiger partial charge in [-0.05, 0) is 55.1 Å². The highest BCUT2D eigenvalue weighted by molar-refractivity contribution is 7.71. The summed E-state index contributed by atoms with van der Waals surface area (Å²) < 4.78 is 12.9. The minimum atomic E-state index is 0.259. The highest BCUT2D eigenvalue weighted by atomic mass is 32.1. The summed E-state index contributed by atoms with van der Waals surface area (Å²) in [7, 11) is 0. The number of hydrogen-bond donors (Lipinski definition) is 1. The molecule has 0 atom stereocenters. The maximum absolute atomic E-state index is 5.68. The van der Waals surface area contributed by atoms with Crippen molar-refractivity contribution in [2.75, 3.05) is 0 Å². The van der Waals surface area contributed by atoms with Crippen LogP contribution in [0.4, 0.5) is 0 Å². The number of hydrogen-bond acceptors (Lipinski definition) is 5. The Balaban J connectivity index is 1.73. The summed E-state index contributed by atoms with van der Waals surface area (Å²) in [6.45, 7) is 2.19. The van der Waals surface area contributed by atoms with E-state index >= 15 is 0 Å². The average molecular weight is 340 g/mol. The van der Waals surface area contributed by atoms with Gasteiger partial charge in [0.25, 0.3) is 0 Å².